The van der Waals surface area contributed by atoms with Gasteiger partial charge in [0.25, 0.3) is 0 Å². The summed E-state index contributed by atoms with van der Waals surface area (Å²) in [4.78, 5) is 0. The number of aliphatic hydroxyl groups excluding tert-OH is 1. The van der Waals surface area contributed by atoms with E-state index in [1.807, 2.05) is 18.5 Å². The molecule has 21 heavy (non-hydrogen) atoms. The third kappa shape index (κ3) is 6.53. The first-order valence-electron chi connectivity index (χ1n) is 8.23. The highest BCUT2D eigenvalue weighted by Gasteiger charge is 2.09. The lowest BCUT2D eigenvalue weighted by Gasteiger charge is -2.19. The molecular weight excluding hydrogens is 264 g/mol. The molecule has 2 N–H and O–H groups in total. The molecule has 1 aromatic rings. The van der Waals surface area contributed by atoms with Gasteiger partial charge in [-0.25, -0.2) is 0 Å². The molecule has 2 unspecified atom stereocenters. The van der Waals surface area contributed by atoms with Crippen LogP contribution in [0.4, 0.5) is 0 Å². The summed E-state index contributed by atoms with van der Waals surface area (Å²) in [5.41, 5.74) is 5.52. The van der Waals surface area contributed by atoms with Gasteiger partial charge in [-0.2, -0.15) is 0 Å². The number of rotatable bonds is 11. The molecule has 1 aromatic heterocycles. The Bertz CT molecular complexity index is 371. The van der Waals surface area contributed by atoms with E-state index in [1.165, 1.54) is 19.3 Å². The summed E-state index contributed by atoms with van der Waals surface area (Å²) >= 11 is 0. The van der Waals surface area contributed by atoms with Crippen LogP contribution in [0.3, 0.4) is 0 Å². The van der Waals surface area contributed by atoms with Crippen LogP contribution in [0.5, 0.6) is 0 Å². The molecule has 1 rings (SSSR count). The van der Waals surface area contributed by atoms with E-state index in [1.54, 1.807) is 0 Å². The number of nitrogens with zero attached hydrogens (tertiary/aromatic N) is 1. The zero-order valence-electron chi connectivity index (χ0n) is 14.1. The van der Waals surface area contributed by atoms with E-state index in [0.29, 0.717) is 19.1 Å². The fourth-order valence-electron chi connectivity index (χ4n) is 2.44. The lowest BCUT2D eigenvalue weighted by Crippen LogP contribution is -2.31. The Kier molecular flexibility index (Phi) is 8.47. The van der Waals surface area contributed by atoms with E-state index in [0.717, 1.165) is 24.4 Å². The third-order valence-electron chi connectivity index (χ3n) is 3.96. The summed E-state index contributed by atoms with van der Waals surface area (Å²) in [7, 11) is 0. The topological polar surface area (TPSA) is 46.4 Å². The number of aryl methyl sites for hydroxylation is 2. The minimum Gasteiger partial charge on any atom is -0.389 e. The van der Waals surface area contributed by atoms with Crippen LogP contribution in [0, 0.1) is 19.8 Å². The van der Waals surface area contributed by atoms with Crippen LogP contribution in [0.1, 0.15) is 50.9 Å². The lowest BCUT2D eigenvalue weighted by atomic mass is 10.0. The maximum atomic E-state index is 9.99. The van der Waals surface area contributed by atoms with Crippen LogP contribution in [0.25, 0.3) is 0 Å². The van der Waals surface area contributed by atoms with Crippen molar-refractivity contribution >= 4 is 0 Å². The summed E-state index contributed by atoms with van der Waals surface area (Å²) < 4.78 is 7.68. The number of unbranched alkanes of at least 4 members (excludes halogenated alkanes) is 1. The van der Waals surface area contributed by atoms with Gasteiger partial charge in [0.1, 0.15) is 0 Å². The first-order chi connectivity index (χ1) is 10.1. The van der Waals surface area contributed by atoms with E-state index in [9.17, 15) is 5.11 Å². The molecule has 0 aliphatic rings. The van der Waals surface area contributed by atoms with Crippen molar-refractivity contribution in [2.45, 2.75) is 59.5 Å². The smallest absolute Gasteiger partial charge is 0.0961 e. The average Bonchev–Trinajstić information content (AvgIpc) is 2.79. The fraction of sp³-hybridized carbons (Fsp3) is 0.765. The van der Waals surface area contributed by atoms with Gasteiger partial charge >= 0.3 is 0 Å². The molecule has 0 aliphatic heterocycles. The van der Waals surface area contributed by atoms with Gasteiger partial charge in [0.2, 0.25) is 0 Å². The number of nitrogens with one attached hydrogen (secondary N) is 1. The van der Waals surface area contributed by atoms with Crippen LogP contribution >= 0.6 is 0 Å². The van der Waals surface area contributed by atoms with Crippen LogP contribution in [-0.2, 0) is 4.74 Å². The Morgan fingerprint density at radius 2 is 1.86 bits per heavy atom. The van der Waals surface area contributed by atoms with Crippen LogP contribution in [0.2, 0.25) is 0 Å². The Morgan fingerprint density at radius 1 is 1.19 bits per heavy atom. The minimum atomic E-state index is -0.477. The minimum absolute atomic E-state index is 0.398. The molecule has 0 aromatic carbocycles. The van der Waals surface area contributed by atoms with Gasteiger partial charge in [-0.1, -0.05) is 33.1 Å². The Morgan fingerprint density at radius 3 is 2.43 bits per heavy atom. The summed E-state index contributed by atoms with van der Waals surface area (Å²) in [6.07, 6.45) is 4.39. The number of aliphatic hydroxyl groups is 1. The molecule has 0 aliphatic carbocycles. The van der Waals surface area contributed by atoms with E-state index in [4.69, 9.17) is 4.74 Å². The van der Waals surface area contributed by atoms with Crippen LogP contribution in [0.15, 0.2) is 12.1 Å². The predicted octanol–water partition coefficient (Wildman–Crippen LogP) is 3.24. The molecule has 4 nitrogen and oxygen atoms in total. The molecule has 0 saturated heterocycles. The molecular formula is C17H32N2O2. The van der Waals surface area contributed by atoms with Gasteiger partial charge in [-0.05, 0) is 38.3 Å². The second-order valence-corrected chi connectivity index (χ2v) is 5.92. The maximum absolute atomic E-state index is 9.99. The molecule has 0 bridgehead atoms. The molecule has 1 heterocycles. The van der Waals surface area contributed by atoms with Crippen molar-refractivity contribution in [3.63, 3.8) is 0 Å². The number of ether oxygens (including phenoxy) is 1. The highest BCUT2D eigenvalue weighted by atomic mass is 16.5. The molecule has 122 valence electrons. The van der Waals surface area contributed by atoms with Crippen LogP contribution < -0.4 is 5.43 Å². The van der Waals surface area contributed by atoms with Crippen molar-refractivity contribution in [3.05, 3.63) is 23.5 Å². The Labute approximate surface area is 129 Å². The van der Waals surface area contributed by atoms with Crippen molar-refractivity contribution in [3.8, 4) is 0 Å². The summed E-state index contributed by atoms with van der Waals surface area (Å²) in [5, 5.41) is 9.99. The summed E-state index contributed by atoms with van der Waals surface area (Å²) in [6.45, 7) is 10.2. The molecule has 4 heteroatoms. The molecule has 0 amide bonds. The van der Waals surface area contributed by atoms with Gasteiger partial charge in [-0.3, -0.25) is 4.68 Å². The summed E-state index contributed by atoms with van der Waals surface area (Å²) in [5.74, 6) is 0.624. The molecule has 2 atom stereocenters. The molecule has 0 radical (unpaired) electrons. The van der Waals surface area contributed by atoms with Crippen molar-refractivity contribution in [2.24, 2.45) is 5.92 Å². The largest absolute Gasteiger partial charge is 0.389 e. The lowest BCUT2D eigenvalue weighted by molar-refractivity contribution is 0.0235. The standard InChI is InChI=1S/C17H32N2O2/c1-5-7-8-16(6-2)12-21-13-17(20)11-18-19-14(3)9-10-15(19)4/h9-10,16-18,20H,5-8,11-13H2,1-4H3. The van der Waals surface area contributed by atoms with Crippen molar-refractivity contribution in [2.75, 3.05) is 25.2 Å². The van der Waals surface area contributed by atoms with Crippen molar-refractivity contribution < 1.29 is 9.84 Å². The quantitative estimate of drug-likeness (QED) is 0.659. The fourth-order valence-corrected chi connectivity index (χ4v) is 2.44. The molecule has 0 spiro atoms. The SMILES string of the molecule is CCCCC(CC)COCC(O)CNn1c(C)ccc1C. The number of aromatic nitrogens is 1. The molecule has 0 saturated carbocycles. The summed E-state index contributed by atoms with van der Waals surface area (Å²) in [6, 6.07) is 4.12. The average molecular weight is 296 g/mol. The zero-order chi connectivity index (χ0) is 15.7. The van der Waals surface area contributed by atoms with Crippen molar-refractivity contribution in [1.82, 2.24) is 4.68 Å². The number of hydrogen-bond donors (Lipinski definition) is 2. The van der Waals surface area contributed by atoms with E-state index < -0.39 is 6.10 Å². The maximum Gasteiger partial charge on any atom is 0.0961 e. The third-order valence-corrected chi connectivity index (χ3v) is 3.96. The van der Waals surface area contributed by atoms with E-state index >= 15 is 0 Å². The normalized spacial score (nSPS) is 14.1. The second-order valence-electron chi connectivity index (χ2n) is 5.92. The Hall–Kier alpha value is -1.00. The Balaban J connectivity index is 2.20. The monoisotopic (exact) mass is 296 g/mol. The van der Waals surface area contributed by atoms with Gasteiger partial charge in [-0.15, -0.1) is 0 Å². The van der Waals surface area contributed by atoms with Crippen molar-refractivity contribution in [1.29, 1.82) is 0 Å². The second kappa shape index (κ2) is 9.85. The van der Waals surface area contributed by atoms with Gasteiger partial charge < -0.3 is 15.3 Å². The molecule has 0 fully saturated rings. The first-order valence-corrected chi connectivity index (χ1v) is 8.23. The van der Waals surface area contributed by atoms with Crippen LogP contribution in [-0.4, -0.2) is 35.6 Å². The van der Waals surface area contributed by atoms with Gasteiger partial charge in [0.15, 0.2) is 0 Å². The first kappa shape index (κ1) is 18.1. The predicted molar refractivity (Wildman–Crippen MR) is 88.3 cm³/mol. The van der Waals surface area contributed by atoms with Gasteiger partial charge in [0, 0.05) is 18.0 Å². The highest BCUT2D eigenvalue weighted by molar-refractivity contribution is 5.15. The van der Waals surface area contributed by atoms with Gasteiger partial charge in [0.05, 0.1) is 19.3 Å². The zero-order valence-corrected chi connectivity index (χ0v) is 14.1. The van der Waals surface area contributed by atoms with E-state index in [-0.39, 0.29) is 0 Å². The van der Waals surface area contributed by atoms with E-state index in [2.05, 4.69) is 31.4 Å². The highest BCUT2D eigenvalue weighted by Crippen LogP contribution is 2.12. The number of hydrogen-bond acceptors (Lipinski definition) is 3.